The van der Waals surface area contributed by atoms with Gasteiger partial charge in [-0.2, -0.15) is 5.10 Å². The van der Waals surface area contributed by atoms with Gasteiger partial charge in [-0.15, -0.1) is 0 Å². The molecule has 134 valence electrons. The molecule has 0 aliphatic carbocycles. The van der Waals surface area contributed by atoms with Crippen molar-refractivity contribution in [3.05, 3.63) is 57.7 Å². The average molecular weight is 408 g/mol. The van der Waals surface area contributed by atoms with Crippen LogP contribution < -0.4 is 0 Å². The first kappa shape index (κ1) is 18.6. The molecule has 1 aliphatic rings. The Morgan fingerprint density at radius 3 is 2.88 bits per heavy atom. The van der Waals surface area contributed by atoms with Gasteiger partial charge in [-0.05, 0) is 17.7 Å². The van der Waals surface area contributed by atoms with Crippen molar-refractivity contribution in [2.45, 2.75) is 13.0 Å². The summed E-state index contributed by atoms with van der Waals surface area (Å²) in [6, 6.07) is 7.53. The van der Waals surface area contributed by atoms with Gasteiger partial charge in [-0.3, -0.25) is 19.2 Å². The first-order valence-electron chi connectivity index (χ1n) is 7.67. The summed E-state index contributed by atoms with van der Waals surface area (Å²) < 4.78 is 2.10. The number of thioether (sulfide) groups is 1. The second kappa shape index (κ2) is 8.03. The minimum absolute atomic E-state index is 0.0725. The number of nitrogens with zero attached hydrogens (tertiary/aromatic N) is 3. The SMILES string of the molecule is O=C(O)CCN1C(=O)/C(=C\c2cnn(Cc3ccccc3Cl)c2)SC1=S. The molecule has 9 heteroatoms. The number of carbonyl (C=O) groups excluding carboxylic acids is 1. The molecule has 0 bridgehead atoms. The van der Waals surface area contributed by atoms with Crippen LogP contribution in [-0.4, -0.2) is 42.5 Å². The number of aromatic nitrogens is 2. The fourth-order valence-electron chi connectivity index (χ4n) is 2.39. The Bertz CT molecular complexity index is 910. The molecule has 0 unspecified atom stereocenters. The fraction of sp³-hybridized carbons (Fsp3) is 0.176. The highest BCUT2D eigenvalue weighted by atomic mass is 35.5. The van der Waals surface area contributed by atoms with Crippen LogP contribution >= 0.6 is 35.6 Å². The van der Waals surface area contributed by atoms with E-state index in [0.29, 0.717) is 20.8 Å². The Kier molecular flexibility index (Phi) is 5.75. The molecule has 1 saturated heterocycles. The van der Waals surface area contributed by atoms with Crippen molar-refractivity contribution in [2.24, 2.45) is 0 Å². The molecule has 1 amide bonds. The van der Waals surface area contributed by atoms with Crippen LogP contribution in [-0.2, 0) is 16.1 Å². The van der Waals surface area contributed by atoms with Crippen molar-refractivity contribution >= 4 is 57.9 Å². The lowest BCUT2D eigenvalue weighted by Gasteiger charge is -2.12. The molecule has 1 N–H and O–H groups in total. The Hall–Kier alpha value is -2.16. The zero-order valence-electron chi connectivity index (χ0n) is 13.5. The largest absolute Gasteiger partial charge is 0.481 e. The number of halogens is 1. The van der Waals surface area contributed by atoms with E-state index in [1.807, 2.05) is 30.5 Å². The summed E-state index contributed by atoms with van der Waals surface area (Å²) >= 11 is 12.5. The standard InChI is InChI=1S/C17H14ClN3O3S2/c18-13-4-2-1-3-12(13)10-20-9-11(8-19-20)7-14-16(24)21(17(25)26-14)6-5-15(22)23/h1-4,7-9H,5-6,10H2,(H,22,23)/b14-7+. The van der Waals surface area contributed by atoms with E-state index in [0.717, 1.165) is 22.9 Å². The Morgan fingerprint density at radius 2 is 2.15 bits per heavy atom. The molecule has 26 heavy (non-hydrogen) atoms. The van der Waals surface area contributed by atoms with Gasteiger partial charge in [0.25, 0.3) is 5.91 Å². The number of thiocarbonyl (C=S) groups is 1. The van der Waals surface area contributed by atoms with Crippen molar-refractivity contribution in [3.63, 3.8) is 0 Å². The van der Waals surface area contributed by atoms with Gasteiger partial charge in [0.2, 0.25) is 0 Å². The van der Waals surface area contributed by atoms with Gasteiger partial charge < -0.3 is 5.11 Å². The summed E-state index contributed by atoms with van der Waals surface area (Å²) in [6.45, 7) is 0.593. The second-order valence-corrected chi connectivity index (χ2v) is 7.62. The highest BCUT2D eigenvalue weighted by Gasteiger charge is 2.32. The number of hydrogen-bond donors (Lipinski definition) is 1. The number of amides is 1. The summed E-state index contributed by atoms with van der Waals surface area (Å²) in [7, 11) is 0. The molecule has 6 nitrogen and oxygen atoms in total. The van der Waals surface area contributed by atoms with Gasteiger partial charge in [0, 0.05) is 23.3 Å². The van der Waals surface area contributed by atoms with Crippen molar-refractivity contribution in [3.8, 4) is 0 Å². The number of carboxylic acid groups (broad SMARTS) is 1. The Morgan fingerprint density at radius 1 is 1.38 bits per heavy atom. The third-order valence-electron chi connectivity index (χ3n) is 3.66. The fourth-order valence-corrected chi connectivity index (χ4v) is 3.90. The van der Waals surface area contributed by atoms with Gasteiger partial charge in [0.05, 0.1) is 24.1 Å². The zero-order valence-corrected chi connectivity index (χ0v) is 15.9. The first-order chi connectivity index (χ1) is 12.4. The van der Waals surface area contributed by atoms with E-state index in [2.05, 4.69) is 5.10 Å². The third kappa shape index (κ3) is 4.32. The van der Waals surface area contributed by atoms with Crippen molar-refractivity contribution in [2.75, 3.05) is 6.54 Å². The summed E-state index contributed by atoms with van der Waals surface area (Å²) in [4.78, 5) is 24.9. The van der Waals surface area contributed by atoms with Gasteiger partial charge in [0.1, 0.15) is 4.32 Å². The average Bonchev–Trinajstić information content (AvgIpc) is 3.13. The molecular formula is C17H14ClN3O3S2. The molecule has 0 radical (unpaired) electrons. The molecule has 2 aromatic rings. The summed E-state index contributed by atoms with van der Waals surface area (Å²) in [5.74, 6) is -1.25. The number of carbonyl (C=O) groups is 2. The maximum absolute atomic E-state index is 12.4. The van der Waals surface area contributed by atoms with E-state index < -0.39 is 5.97 Å². The molecule has 1 fully saturated rings. The lowest BCUT2D eigenvalue weighted by atomic mass is 10.2. The predicted octanol–water partition coefficient (Wildman–Crippen LogP) is 3.26. The highest BCUT2D eigenvalue weighted by molar-refractivity contribution is 8.26. The number of benzene rings is 1. The second-order valence-electron chi connectivity index (χ2n) is 5.54. The normalized spacial score (nSPS) is 15.9. The van der Waals surface area contributed by atoms with Crippen LogP contribution in [0.15, 0.2) is 41.6 Å². The van der Waals surface area contributed by atoms with Crippen LogP contribution in [0.5, 0.6) is 0 Å². The number of aliphatic carboxylic acids is 1. The molecular weight excluding hydrogens is 394 g/mol. The molecule has 0 spiro atoms. The molecule has 3 rings (SSSR count). The van der Waals surface area contributed by atoms with Crippen LogP contribution in [0.3, 0.4) is 0 Å². The monoisotopic (exact) mass is 407 g/mol. The van der Waals surface area contributed by atoms with Gasteiger partial charge in [0.15, 0.2) is 0 Å². The quantitative estimate of drug-likeness (QED) is 0.585. The summed E-state index contributed by atoms with van der Waals surface area (Å²) in [6.07, 6.45) is 5.03. The Balaban J connectivity index is 1.72. The van der Waals surface area contributed by atoms with Gasteiger partial charge in [-0.1, -0.05) is 53.8 Å². The predicted molar refractivity (Wildman–Crippen MR) is 105 cm³/mol. The Labute approximate surface area is 164 Å². The van der Waals surface area contributed by atoms with E-state index in [4.69, 9.17) is 28.9 Å². The zero-order chi connectivity index (χ0) is 18.7. The minimum atomic E-state index is -0.969. The topological polar surface area (TPSA) is 75.4 Å². The van der Waals surface area contributed by atoms with E-state index in [-0.39, 0.29) is 18.9 Å². The van der Waals surface area contributed by atoms with Crippen LogP contribution in [0.25, 0.3) is 6.08 Å². The molecule has 1 aromatic heterocycles. The van der Waals surface area contributed by atoms with Crippen molar-refractivity contribution < 1.29 is 14.7 Å². The molecule has 0 saturated carbocycles. The lowest BCUT2D eigenvalue weighted by molar-refractivity contribution is -0.137. The number of carboxylic acids is 1. The highest BCUT2D eigenvalue weighted by Crippen LogP contribution is 2.32. The van der Waals surface area contributed by atoms with E-state index in [1.165, 1.54) is 4.90 Å². The minimum Gasteiger partial charge on any atom is -0.481 e. The number of rotatable bonds is 6. The number of hydrogen-bond acceptors (Lipinski definition) is 5. The van der Waals surface area contributed by atoms with Crippen LogP contribution in [0, 0.1) is 0 Å². The maximum atomic E-state index is 12.4. The van der Waals surface area contributed by atoms with Crippen LogP contribution in [0.1, 0.15) is 17.5 Å². The third-order valence-corrected chi connectivity index (χ3v) is 5.41. The van der Waals surface area contributed by atoms with Gasteiger partial charge >= 0.3 is 5.97 Å². The van der Waals surface area contributed by atoms with Crippen LogP contribution in [0.2, 0.25) is 5.02 Å². The smallest absolute Gasteiger partial charge is 0.305 e. The maximum Gasteiger partial charge on any atom is 0.305 e. The van der Waals surface area contributed by atoms with E-state index in [9.17, 15) is 9.59 Å². The molecule has 1 aliphatic heterocycles. The van der Waals surface area contributed by atoms with Crippen LogP contribution in [0.4, 0.5) is 0 Å². The van der Waals surface area contributed by atoms with Crippen molar-refractivity contribution in [1.29, 1.82) is 0 Å². The summed E-state index contributed by atoms with van der Waals surface area (Å²) in [5.41, 5.74) is 1.71. The molecule has 2 heterocycles. The van der Waals surface area contributed by atoms with E-state index in [1.54, 1.807) is 17.0 Å². The molecule has 0 atom stereocenters. The van der Waals surface area contributed by atoms with E-state index >= 15 is 0 Å². The molecule has 1 aromatic carbocycles. The van der Waals surface area contributed by atoms with Gasteiger partial charge in [-0.25, -0.2) is 0 Å². The first-order valence-corrected chi connectivity index (χ1v) is 9.27. The lowest BCUT2D eigenvalue weighted by Crippen LogP contribution is -2.30. The van der Waals surface area contributed by atoms with Crippen molar-refractivity contribution in [1.82, 2.24) is 14.7 Å². The summed E-state index contributed by atoms with van der Waals surface area (Å²) in [5, 5.41) is 13.7.